The Balaban J connectivity index is 1.41. The molecular formula is C22H28N4O2S. The van der Waals surface area contributed by atoms with E-state index in [1.165, 1.54) is 5.56 Å². The second-order valence-corrected chi connectivity index (χ2v) is 9.59. The van der Waals surface area contributed by atoms with Crippen LogP contribution in [0.1, 0.15) is 24.7 Å². The zero-order chi connectivity index (χ0) is 20.4. The lowest BCUT2D eigenvalue weighted by Crippen LogP contribution is -2.48. The highest BCUT2D eigenvalue weighted by Gasteiger charge is 2.28. The lowest BCUT2D eigenvalue weighted by molar-refractivity contribution is 0.177. The summed E-state index contributed by atoms with van der Waals surface area (Å²) >= 11 is 0. The van der Waals surface area contributed by atoms with Crippen molar-refractivity contribution < 1.29 is 8.42 Å². The van der Waals surface area contributed by atoms with Crippen molar-refractivity contribution in [2.45, 2.75) is 31.2 Å². The summed E-state index contributed by atoms with van der Waals surface area (Å²) in [4.78, 5) is 7.40. The molecule has 2 aromatic carbocycles. The number of sulfonamides is 1. The summed E-state index contributed by atoms with van der Waals surface area (Å²) in [6, 6.07) is 15.5. The molecule has 2 heterocycles. The highest BCUT2D eigenvalue weighted by atomic mass is 32.2. The zero-order valence-corrected chi connectivity index (χ0v) is 17.9. The van der Waals surface area contributed by atoms with Gasteiger partial charge in [0.15, 0.2) is 0 Å². The van der Waals surface area contributed by atoms with Crippen LogP contribution in [-0.2, 0) is 30.0 Å². The fraction of sp³-hybridized carbons (Fsp3) is 0.409. The monoisotopic (exact) mass is 412 g/mol. The van der Waals surface area contributed by atoms with Crippen LogP contribution in [0.3, 0.4) is 0 Å². The van der Waals surface area contributed by atoms with Gasteiger partial charge in [0.1, 0.15) is 5.82 Å². The van der Waals surface area contributed by atoms with Gasteiger partial charge in [0.2, 0.25) is 10.0 Å². The molecule has 154 valence electrons. The molecule has 1 fully saturated rings. The molecule has 0 radical (unpaired) electrons. The van der Waals surface area contributed by atoms with E-state index in [0.717, 1.165) is 36.2 Å². The predicted molar refractivity (Wildman–Crippen MR) is 115 cm³/mol. The molecule has 1 aliphatic rings. The molecule has 6 nitrogen and oxygen atoms in total. The maximum atomic E-state index is 13.0. The van der Waals surface area contributed by atoms with Gasteiger partial charge in [-0.1, -0.05) is 37.6 Å². The average Bonchev–Trinajstić information content (AvgIpc) is 3.05. The third kappa shape index (κ3) is 4.08. The minimum absolute atomic E-state index is 0.390. The number of rotatable bonds is 6. The van der Waals surface area contributed by atoms with Crippen LogP contribution in [0.4, 0.5) is 0 Å². The highest BCUT2D eigenvalue weighted by molar-refractivity contribution is 7.89. The summed E-state index contributed by atoms with van der Waals surface area (Å²) in [7, 11) is -1.40. The van der Waals surface area contributed by atoms with Crippen molar-refractivity contribution in [3.63, 3.8) is 0 Å². The Morgan fingerprint density at radius 2 is 1.66 bits per heavy atom. The smallest absolute Gasteiger partial charge is 0.243 e. The Hall–Kier alpha value is -2.22. The van der Waals surface area contributed by atoms with E-state index in [9.17, 15) is 8.42 Å². The Morgan fingerprint density at radius 3 is 2.31 bits per heavy atom. The van der Waals surface area contributed by atoms with Crippen LogP contribution in [-0.4, -0.2) is 53.4 Å². The van der Waals surface area contributed by atoms with Gasteiger partial charge in [-0.2, -0.15) is 4.31 Å². The molecule has 0 amide bonds. The first-order valence-corrected chi connectivity index (χ1v) is 11.6. The van der Waals surface area contributed by atoms with Gasteiger partial charge in [-0.05, 0) is 36.2 Å². The minimum Gasteiger partial charge on any atom is -0.330 e. The first kappa shape index (κ1) is 20.1. The van der Waals surface area contributed by atoms with Crippen LogP contribution in [0.5, 0.6) is 0 Å². The Kier molecular flexibility index (Phi) is 5.72. The number of piperazine rings is 1. The standard InChI is InChI=1S/C22H28N4O2S/c1-3-6-18-9-11-19(12-10-18)29(27,28)26-15-13-25(14-16-26)17-22-23-20-7-4-5-8-21(20)24(22)2/h4-5,7-12H,3,6,13-17H2,1-2H3. The summed E-state index contributed by atoms with van der Waals surface area (Å²) in [5.74, 6) is 1.01. The van der Waals surface area contributed by atoms with Crippen molar-refractivity contribution in [3.05, 3.63) is 59.9 Å². The van der Waals surface area contributed by atoms with Crippen LogP contribution in [0.25, 0.3) is 11.0 Å². The number of aryl methyl sites for hydroxylation is 2. The second-order valence-electron chi connectivity index (χ2n) is 7.65. The van der Waals surface area contributed by atoms with E-state index in [1.807, 2.05) is 37.4 Å². The van der Waals surface area contributed by atoms with Gasteiger partial charge in [0.05, 0.1) is 22.5 Å². The Labute approximate surface area is 172 Å². The lowest BCUT2D eigenvalue weighted by atomic mass is 10.1. The van der Waals surface area contributed by atoms with Gasteiger partial charge in [-0.15, -0.1) is 0 Å². The van der Waals surface area contributed by atoms with Gasteiger partial charge < -0.3 is 4.57 Å². The number of imidazole rings is 1. The van der Waals surface area contributed by atoms with E-state index in [2.05, 4.69) is 22.5 Å². The van der Waals surface area contributed by atoms with Crippen molar-refractivity contribution in [3.8, 4) is 0 Å². The van der Waals surface area contributed by atoms with Gasteiger partial charge >= 0.3 is 0 Å². The molecule has 0 atom stereocenters. The van der Waals surface area contributed by atoms with Crippen molar-refractivity contribution in [2.24, 2.45) is 7.05 Å². The first-order valence-electron chi connectivity index (χ1n) is 10.2. The molecule has 0 bridgehead atoms. The number of benzene rings is 2. The largest absolute Gasteiger partial charge is 0.330 e. The molecule has 1 aliphatic heterocycles. The van der Waals surface area contributed by atoms with Crippen LogP contribution in [0, 0.1) is 0 Å². The third-order valence-corrected chi connectivity index (χ3v) is 7.59. The fourth-order valence-electron chi connectivity index (χ4n) is 3.93. The van der Waals surface area contributed by atoms with Crippen molar-refractivity contribution in [2.75, 3.05) is 26.2 Å². The quantitative estimate of drug-likeness (QED) is 0.624. The molecule has 29 heavy (non-hydrogen) atoms. The molecular weight excluding hydrogens is 384 g/mol. The van der Waals surface area contributed by atoms with Crippen LogP contribution < -0.4 is 0 Å². The van der Waals surface area contributed by atoms with Crippen LogP contribution >= 0.6 is 0 Å². The second kappa shape index (κ2) is 8.26. The normalized spacial score (nSPS) is 16.5. The molecule has 1 saturated heterocycles. The molecule has 0 unspecified atom stereocenters. The SMILES string of the molecule is CCCc1ccc(S(=O)(=O)N2CCN(Cc3nc4ccccc4n3C)CC2)cc1. The van der Waals surface area contributed by atoms with E-state index < -0.39 is 10.0 Å². The molecule has 1 aromatic heterocycles. The maximum absolute atomic E-state index is 13.0. The molecule has 7 heteroatoms. The average molecular weight is 413 g/mol. The van der Waals surface area contributed by atoms with E-state index in [-0.39, 0.29) is 0 Å². The maximum Gasteiger partial charge on any atom is 0.243 e. The summed E-state index contributed by atoms with van der Waals surface area (Å²) in [5.41, 5.74) is 3.30. The molecule has 0 spiro atoms. The molecule has 0 aliphatic carbocycles. The number of para-hydroxylation sites is 2. The van der Waals surface area contributed by atoms with E-state index in [1.54, 1.807) is 16.4 Å². The predicted octanol–water partition coefficient (Wildman–Crippen LogP) is 3.03. The first-order chi connectivity index (χ1) is 14.0. The molecule has 4 rings (SSSR count). The molecule has 0 saturated carbocycles. The van der Waals surface area contributed by atoms with Crippen molar-refractivity contribution >= 4 is 21.1 Å². The number of aromatic nitrogens is 2. The van der Waals surface area contributed by atoms with E-state index in [0.29, 0.717) is 31.1 Å². The summed E-state index contributed by atoms with van der Waals surface area (Å²) in [5, 5.41) is 0. The van der Waals surface area contributed by atoms with Gasteiger partial charge in [-0.25, -0.2) is 13.4 Å². The topological polar surface area (TPSA) is 58.4 Å². The lowest BCUT2D eigenvalue weighted by Gasteiger charge is -2.33. The van der Waals surface area contributed by atoms with Crippen LogP contribution in [0.2, 0.25) is 0 Å². The van der Waals surface area contributed by atoms with Crippen molar-refractivity contribution in [1.82, 2.24) is 18.8 Å². The number of hydrogen-bond donors (Lipinski definition) is 0. The van der Waals surface area contributed by atoms with Crippen molar-refractivity contribution in [1.29, 1.82) is 0 Å². The summed E-state index contributed by atoms with van der Waals surface area (Å²) in [6.07, 6.45) is 2.03. The Morgan fingerprint density at radius 1 is 0.966 bits per heavy atom. The highest BCUT2D eigenvalue weighted by Crippen LogP contribution is 2.20. The number of fused-ring (bicyclic) bond motifs is 1. The summed E-state index contributed by atoms with van der Waals surface area (Å²) < 4.78 is 29.7. The van der Waals surface area contributed by atoms with Gasteiger partial charge in [0, 0.05) is 33.2 Å². The van der Waals surface area contributed by atoms with Gasteiger partial charge in [0.25, 0.3) is 0 Å². The summed E-state index contributed by atoms with van der Waals surface area (Å²) in [6.45, 7) is 5.27. The molecule has 0 N–H and O–H groups in total. The number of nitrogens with zero attached hydrogens (tertiary/aromatic N) is 4. The van der Waals surface area contributed by atoms with Gasteiger partial charge in [-0.3, -0.25) is 4.90 Å². The minimum atomic E-state index is -3.43. The Bertz CT molecular complexity index is 1080. The van der Waals surface area contributed by atoms with Crippen LogP contribution in [0.15, 0.2) is 53.4 Å². The third-order valence-electron chi connectivity index (χ3n) is 5.68. The fourth-order valence-corrected chi connectivity index (χ4v) is 5.35. The number of hydrogen-bond acceptors (Lipinski definition) is 4. The molecule has 3 aromatic rings. The van der Waals surface area contributed by atoms with E-state index in [4.69, 9.17) is 4.98 Å². The zero-order valence-electron chi connectivity index (χ0n) is 17.1. The van der Waals surface area contributed by atoms with E-state index >= 15 is 0 Å².